The minimum Gasteiger partial charge on any atom is -0.399 e. The summed E-state index contributed by atoms with van der Waals surface area (Å²) in [6.07, 6.45) is 0.939. The van der Waals surface area contributed by atoms with Gasteiger partial charge in [-0.3, -0.25) is 0 Å². The molecule has 6 heteroatoms. The molecule has 0 radical (unpaired) electrons. The summed E-state index contributed by atoms with van der Waals surface area (Å²) in [5, 5.41) is 5.10. The number of nitrogen functional groups attached to an aromatic ring is 1. The van der Waals surface area contributed by atoms with Crippen molar-refractivity contribution in [3.8, 4) is 0 Å². The zero-order valence-electron chi connectivity index (χ0n) is 15.3. The van der Waals surface area contributed by atoms with Gasteiger partial charge in [0.1, 0.15) is 0 Å². The van der Waals surface area contributed by atoms with Crippen molar-refractivity contribution < 1.29 is 4.74 Å². The highest BCUT2D eigenvalue weighted by Crippen LogP contribution is 2.60. The third-order valence-corrected chi connectivity index (χ3v) is 7.21. The van der Waals surface area contributed by atoms with Gasteiger partial charge in [0.15, 0.2) is 0 Å². The van der Waals surface area contributed by atoms with Gasteiger partial charge in [0.25, 0.3) is 0 Å². The lowest BCUT2D eigenvalue weighted by molar-refractivity contribution is 0.126. The van der Waals surface area contributed by atoms with Gasteiger partial charge in [0, 0.05) is 46.5 Å². The molecule has 0 bridgehead atoms. The van der Waals surface area contributed by atoms with E-state index in [0.29, 0.717) is 13.2 Å². The Kier molecular flexibility index (Phi) is 4.10. The second-order valence-corrected chi connectivity index (χ2v) is 8.59. The van der Waals surface area contributed by atoms with Gasteiger partial charge < -0.3 is 20.7 Å². The first-order valence-corrected chi connectivity index (χ1v) is 10.2. The lowest BCUT2D eigenvalue weighted by atomic mass is 9.72. The number of piperidine rings is 1. The number of nitrogens with zero attached hydrogens (tertiary/aromatic N) is 1. The van der Waals surface area contributed by atoms with Crippen molar-refractivity contribution in [3.63, 3.8) is 0 Å². The Morgan fingerprint density at radius 2 is 2.15 bits per heavy atom. The molecule has 3 N–H and O–H groups in total. The standard InChI is InChI=1S/C21H23Cl2N3O/c1-12-2-3-17(22)18(19(12)23)21-4-5-25-10-16(21)15-9-14(24)8-13-11-27-7-6-26(21)20(13)15/h2-3,8-9,16,25H,4-7,10-11,24H2,1H3. The SMILES string of the molecule is Cc1ccc(Cl)c(C23CCNCC2c2cc(N)cc4c2N3CCOC4)c1Cl. The average Bonchev–Trinajstić information content (AvgIpc) is 2.78. The predicted octanol–water partition coefficient (Wildman–Crippen LogP) is 4.21. The summed E-state index contributed by atoms with van der Waals surface area (Å²) < 4.78 is 5.90. The zero-order chi connectivity index (χ0) is 18.8. The maximum absolute atomic E-state index is 6.90. The molecule has 0 aromatic heterocycles. The van der Waals surface area contributed by atoms with Gasteiger partial charge in [-0.2, -0.15) is 0 Å². The van der Waals surface area contributed by atoms with Gasteiger partial charge in [-0.15, -0.1) is 0 Å². The van der Waals surface area contributed by atoms with E-state index in [1.165, 1.54) is 11.3 Å². The summed E-state index contributed by atoms with van der Waals surface area (Å²) in [6.45, 7) is 5.94. The van der Waals surface area contributed by atoms with Gasteiger partial charge >= 0.3 is 0 Å². The van der Waals surface area contributed by atoms with Crippen molar-refractivity contribution in [3.05, 3.63) is 56.6 Å². The number of fused-ring (bicyclic) bond motifs is 3. The Morgan fingerprint density at radius 1 is 1.30 bits per heavy atom. The second kappa shape index (κ2) is 6.28. The molecule has 3 aliphatic heterocycles. The van der Waals surface area contributed by atoms with Crippen LogP contribution in [0.3, 0.4) is 0 Å². The number of aryl methyl sites for hydroxylation is 1. The maximum Gasteiger partial charge on any atom is 0.0777 e. The van der Waals surface area contributed by atoms with E-state index in [4.69, 9.17) is 33.7 Å². The van der Waals surface area contributed by atoms with Crippen molar-refractivity contribution in [1.82, 2.24) is 5.32 Å². The molecule has 3 aliphatic rings. The molecule has 0 amide bonds. The molecule has 1 fully saturated rings. The van der Waals surface area contributed by atoms with Gasteiger partial charge in [-0.05, 0) is 49.2 Å². The summed E-state index contributed by atoms with van der Waals surface area (Å²) in [5.74, 6) is 0.249. The third kappa shape index (κ3) is 2.37. The first-order valence-electron chi connectivity index (χ1n) is 9.47. The predicted molar refractivity (Wildman–Crippen MR) is 111 cm³/mol. The lowest BCUT2D eigenvalue weighted by Crippen LogP contribution is -2.54. The van der Waals surface area contributed by atoms with Crippen LogP contribution in [-0.4, -0.2) is 26.2 Å². The van der Waals surface area contributed by atoms with Crippen LogP contribution < -0.4 is 16.0 Å². The van der Waals surface area contributed by atoms with Crippen molar-refractivity contribution >= 4 is 34.6 Å². The molecule has 2 aromatic carbocycles. The topological polar surface area (TPSA) is 50.5 Å². The van der Waals surface area contributed by atoms with E-state index in [1.54, 1.807) is 0 Å². The monoisotopic (exact) mass is 403 g/mol. The fourth-order valence-electron chi connectivity index (χ4n) is 5.34. The van der Waals surface area contributed by atoms with Gasteiger partial charge in [0.2, 0.25) is 0 Å². The summed E-state index contributed by atoms with van der Waals surface area (Å²) in [4.78, 5) is 2.52. The van der Waals surface area contributed by atoms with Gasteiger partial charge in [-0.25, -0.2) is 0 Å². The summed E-state index contributed by atoms with van der Waals surface area (Å²) >= 11 is 13.7. The van der Waals surface area contributed by atoms with Crippen LogP contribution in [0.2, 0.25) is 10.0 Å². The smallest absolute Gasteiger partial charge is 0.0777 e. The molecule has 0 saturated carbocycles. The third-order valence-electron chi connectivity index (χ3n) is 6.41. The quantitative estimate of drug-likeness (QED) is 0.700. The van der Waals surface area contributed by atoms with Crippen LogP contribution in [-0.2, 0) is 16.9 Å². The Balaban J connectivity index is 1.84. The number of hydrogen-bond donors (Lipinski definition) is 2. The van der Waals surface area contributed by atoms with E-state index in [9.17, 15) is 0 Å². The minimum atomic E-state index is -0.274. The molecule has 142 valence electrons. The largest absolute Gasteiger partial charge is 0.399 e. The molecule has 3 heterocycles. The Labute approximate surface area is 169 Å². The van der Waals surface area contributed by atoms with E-state index in [1.807, 2.05) is 19.1 Å². The molecule has 4 nitrogen and oxygen atoms in total. The number of benzene rings is 2. The number of nitrogens with one attached hydrogen (secondary N) is 1. The van der Waals surface area contributed by atoms with Gasteiger partial charge in [0.05, 0.1) is 23.8 Å². The van der Waals surface area contributed by atoms with Crippen LogP contribution in [0.15, 0.2) is 24.3 Å². The van der Waals surface area contributed by atoms with Crippen molar-refractivity contribution in [2.75, 3.05) is 36.9 Å². The fourth-order valence-corrected chi connectivity index (χ4v) is 6.04. The molecule has 2 atom stereocenters. The minimum absolute atomic E-state index is 0.249. The lowest BCUT2D eigenvalue weighted by Gasteiger charge is -2.48. The number of nitrogens with two attached hydrogens (primary N) is 1. The number of hydrogen-bond acceptors (Lipinski definition) is 4. The van der Waals surface area contributed by atoms with Crippen LogP contribution in [0, 0.1) is 6.92 Å². The summed E-state index contributed by atoms with van der Waals surface area (Å²) in [7, 11) is 0. The summed E-state index contributed by atoms with van der Waals surface area (Å²) in [6, 6.07) is 8.17. The first-order chi connectivity index (χ1) is 13.0. The molecule has 0 spiro atoms. The second-order valence-electron chi connectivity index (χ2n) is 7.81. The van der Waals surface area contributed by atoms with Crippen LogP contribution >= 0.6 is 23.2 Å². The molecule has 0 aliphatic carbocycles. The molecule has 1 saturated heterocycles. The van der Waals surface area contributed by atoms with E-state index in [2.05, 4.69) is 22.3 Å². The highest BCUT2D eigenvalue weighted by Gasteiger charge is 2.56. The molecule has 2 aromatic rings. The van der Waals surface area contributed by atoms with Crippen molar-refractivity contribution in [2.24, 2.45) is 0 Å². The molecular formula is C21H23Cl2N3O. The van der Waals surface area contributed by atoms with Crippen LogP contribution in [0.5, 0.6) is 0 Å². The van der Waals surface area contributed by atoms with E-state index >= 15 is 0 Å². The summed E-state index contributed by atoms with van der Waals surface area (Å²) in [5.41, 5.74) is 12.6. The fraction of sp³-hybridized carbons (Fsp3) is 0.429. The zero-order valence-corrected chi connectivity index (χ0v) is 16.8. The normalized spacial score (nSPS) is 26.5. The van der Waals surface area contributed by atoms with E-state index < -0.39 is 0 Å². The number of halogens is 2. The first kappa shape index (κ1) is 17.6. The average molecular weight is 404 g/mol. The maximum atomic E-state index is 6.90. The van der Waals surface area contributed by atoms with E-state index in [-0.39, 0.29) is 11.5 Å². The number of rotatable bonds is 1. The number of anilines is 2. The Hall–Kier alpha value is -1.46. The van der Waals surface area contributed by atoms with Gasteiger partial charge in [-0.1, -0.05) is 29.3 Å². The Morgan fingerprint density at radius 3 is 3.00 bits per heavy atom. The van der Waals surface area contributed by atoms with Crippen molar-refractivity contribution in [1.29, 1.82) is 0 Å². The van der Waals surface area contributed by atoms with Crippen LogP contribution in [0.4, 0.5) is 11.4 Å². The Bertz CT molecular complexity index is 932. The van der Waals surface area contributed by atoms with E-state index in [0.717, 1.165) is 58.5 Å². The highest BCUT2D eigenvalue weighted by molar-refractivity contribution is 6.36. The van der Waals surface area contributed by atoms with Crippen LogP contribution in [0.1, 0.15) is 34.6 Å². The molecule has 2 unspecified atom stereocenters. The number of ether oxygens (including phenoxy) is 1. The van der Waals surface area contributed by atoms with Crippen molar-refractivity contribution in [2.45, 2.75) is 31.4 Å². The molecular weight excluding hydrogens is 381 g/mol. The van der Waals surface area contributed by atoms with Crippen LogP contribution in [0.25, 0.3) is 0 Å². The molecule has 27 heavy (non-hydrogen) atoms. The highest BCUT2D eigenvalue weighted by atomic mass is 35.5. The molecule has 5 rings (SSSR count).